The number of rotatable bonds is 4. The molecule has 2 aromatic rings. The Morgan fingerprint density at radius 1 is 1.11 bits per heavy atom. The molecule has 0 saturated heterocycles. The van der Waals surface area contributed by atoms with E-state index in [4.69, 9.17) is 4.99 Å². The molecule has 0 aliphatic carbocycles. The number of amides is 1. The van der Waals surface area contributed by atoms with Crippen molar-refractivity contribution in [3.8, 4) is 0 Å². The topological polar surface area (TPSA) is 60.3 Å². The molecule has 0 bridgehead atoms. The third kappa shape index (κ3) is 3.16. The summed E-state index contributed by atoms with van der Waals surface area (Å²) in [5, 5.41) is 11.5. The Balaban J connectivity index is 1.83. The Kier molecular flexibility index (Phi) is 5.09. The summed E-state index contributed by atoms with van der Waals surface area (Å²) in [5.74, 6) is -0.147. The van der Waals surface area contributed by atoms with E-state index in [2.05, 4.69) is 53.4 Å². The van der Waals surface area contributed by atoms with Crippen LogP contribution in [0.3, 0.4) is 0 Å². The van der Waals surface area contributed by atoms with E-state index in [-0.39, 0.29) is 12.1 Å². The summed E-state index contributed by atoms with van der Waals surface area (Å²) in [7, 11) is 0. The van der Waals surface area contributed by atoms with Crippen molar-refractivity contribution in [1.29, 1.82) is 0 Å². The molecule has 0 saturated carbocycles. The summed E-state index contributed by atoms with van der Waals surface area (Å²) in [5.41, 5.74) is 2.72. The van der Waals surface area contributed by atoms with Crippen LogP contribution in [0.5, 0.6) is 0 Å². The second kappa shape index (κ2) is 7.67. The average Bonchev–Trinajstić information content (AvgIpc) is 2.74. The number of para-hydroxylation sites is 1. The zero-order valence-electron chi connectivity index (χ0n) is 16.2. The van der Waals surface area contributed by atoms with Gasteiger partial charge in [-0.15, -0.1) is 5.10 Å². The molecule has 144 valence electrons. The summed E-state index contributed by atoms with van der Waals surface area (Å²) in [6, 6.07) is 16.1. The lowest BCUT2D eigenvalue weighted by Crippen LogP contribution is -2.50. The lowest BCUT2D eigenvalue weighted by molar-refractivity contribution is -0.116. The van der Waals surface area contributed by atoms with Gasteiger partial charge in [-0.05, 0) is 43.9 Å². The minimum atomic E-state index is -0.371. The van der Waals surface area contributed by atoms with Crippen molar-refractivity contribution in [3.05, 3.63) is 64.7 Å². The second-order valence-electron chi connectivity index (χ2n) is 6.54. The molecule has 0 fully saturated rings. The molecule has 0 aromatic heterocycles. The van der Waals surface area contributed by atoms with Crippen LogP contribution in [0.4, 0.5) is 5.69 Å². The molecule has 2 aliphatic heterocycles. The third-order valence-electron chi connectivity index (χ3n) is 5.03. The summed E-state index contributed by atoms with van der Waals surface area (Å²) < 4.78 is 0. The van der Waals surface area contributed by atoms with Gasteiger partial charge in [-0.2, -0.15) is 0 Å². The maximum absolute atomic E-state index is 12.8. The Morgan fingerprint density at radius 3 is 2.50 bits per heavy atom. The predicted octanol–water partition coefficient (Wildman–Crippen LogP) is 2.04. The van der Waals surface area contributed by atoms with Gasteiger partial charge in [-0.1, -0.05) is 42.1 Å². The third-order valence-corrected chi connectivity index (χ3v) is 5.60. The number of nitrogens with one attached hydrogen (secondary N) is 1. The summed E-state index contributed by atoms with van der Waals surface area (Å²) in [6.07, 6.45) is 1.52. The smallest absolute Gasteiger partial charge is 0.276 e. The van der Waals surface area contributed by atoms with Gasteiger partial charge in [0.25, 0.3) is 5.91 Å². The number of fused-ring (bicyclic) bond motifs is 2. The quantitative estimate of drug-likeness (QED) is 0.864. The number of hydrogen-bond donors (Lipinski definition) is 1. The largest absolute Gasteiger partial charge is 0.372 e. The van der Waals surface area contributed by atoms with Crippen LogP contribution >= 0.6 is 11.8 Å². The molecular formula is C21H23N5OS. The summed E-state index contributed by atoms with van der Waals surface area (Å²) >= 11 is 1.41. The maximum atomic E-state index is 12.8. The standard InChI is InChI=1S/C21H23N5OS/c1-4-25(5-2)15-12-10-14(11-13-15)19-22-17-9-7-6-8-16(17)18-20(27)23-21(28-3)24-26(18)19/h6-13,19H,4-5H2,1-3H3,(H,23,24,27)/t19-/m1/s1. The second-order valence-corrected chi connectivity index (χ2v) is 7.34. The van der Waals surface area contributed by atoms with Crippen molar-refractivity contribution in [3.63, 3.8) is 0 Å². The molecule has 0 unspecified atom stereocenters. The van der Waals surface area contributed by atoms with E-state index in [1.807, 2.05) is 30.5 Å². The van der Waals surface area contributed by atoms with Crippen LogP contribution in [-0.2, 0) is 4.79 Å². The predicted molar refractivity (Wildman–Crippen MR) is 114 cm³/mol. The number of hydrazone groups is 1. The number of nitrogens with zero attached hydrogens (tertiary/aromatic N) is 4. The molecule has 0 spiro atoms. The van der Waals surface area contributed by atoms with Crippen LogP contribution in [0.15, 0.2) is 58.6 Å². The number of amidine groups is 1. The van der Waals surface area contributed by atoms with Crippen molar-refractivity contribution in [1.82, 2.24) is 10.3 Å². The van der Waals surface area contributed by atoms with Gasteiger partial charge in [0.1, 0.15) is 5.70 Å². The van der Waals surface area contributed by atoms with Gasteiger partial charge in [-0.25, -0.2) is 5.01 Å². The highest BCUT2D eigenvalue weighted by molar-refractivity contribution is 8.13. The molecule has 28 heavy (non-hydrogen) atoms. The number of thioether (sulfide) groups is 1. The van der Waals surface area contributed by atoms with Gasteiger partial charge < -0.3 is 4.90 Å². The highest BCUT2D eigenvalue weighted by Crippen LogP contribution is 2.31. The Hall–Kier alpha value is -2.80. The first kappa shape index (κ1) is 18.6. The first-order valence-electron chi connectivity index (χ1n) is 9.41. The molecule has 2 aromatic carbocycles. The molecule has 2 aliphatic rings. The van der Waals surface area contributed by atoms with Gasteiger partial charge in [0, 0.05) is 24.0 Å². The molecular weight excluding hydrogens is 370 g/mol. The number of carbonyl (C=O) groups excluding carboxylic acids is 1. The van der Waals surface area contributed by atoms with Crippen molar-refractivity contribution >= 4 is 34.2 Å². The highest BCUT2D eigenvalue weighted by Gasteiger charge is 2.34. The molecule has 1 atom stereocenters. The van der Waals surface area contributed by atoms with Crippen LogP contribution in [-0.4, -0.2) is 35.4 Å². The monoisotopic (exact) mass is 393 g/mol. The SMILES string of the molecule is CCN(CC)c1ccc([C@@H]2N=c3ccccc3=C3C(=O)NC(SC)=NN32)cc1. The molecule has 0 radical (unpaired) electrons. The number of carbonyl (C=O) groups is 1. The fourth-order valence-corrected chi connectivity index (χ4v) is 3.95. The van der Waals surface area contributed by atoms with Crippen LogP contribution in [0.1, 0.15) is 25.6 Å². The summed E-state index contributed by atoms with van der Waals surface area (Å²) in [4.78, 5) is 20.0. The van der Waals surface area contributed by atoms with Gasteiger partial charge in [0.05, 0.1) is 5.36 Å². The van der Waals surface area contributed by atoms with E-state index in [0.29, 0.717) is 10.9 Å². The van der Waals surface area contributed by atoms with Gasteiger partial charge in [-0.3, -0.25) is 15.1 Å². The first-order valence-corrected chi connectivity index (χ1v) is 10.6. The van der Waals surface area contributed by atoms with Crippen molar-refractivity contribution in [2.24, 2.45) is 10.1 Å². The van der Waals surface area contributed by atoms with E-state index < -0.39 is 0 Å². The van der Waals surface area contributed by atoms with Crippen LogP contribution in [0.2, 0.25) is 0 Å². The van der Waals surface area contributed by atoms with Crippen molar-refractivity contribution in [2.75, 3.05) is 24.2 Å². The van der Waals surface area contributed by atoms with Crippen molar-refractivity contribution in [2.45, 2.75) is 20.0 Å². The molecule has 2 heterocycles. The zero-order chi connectivity index (χ0) is 19.7. The Morgan fingerprint density at radius 2 is 1.82 bits per heavy atom. The fourth-order valence-electron chi connectivity index (χ4n) is 3.58. The highest BCUT2D eigenvalue weighted by atomic mass is 32.2. The molecule has 1 N–H and O–H groups in total. The van der Waals surface area contributed by atoms with Gasteiger partial charge >= 0.3 is 0 Å². The van der Waals surface area contributed by atoms with Crippen LogP contribution in [0.25, 0.3) is 5.70 Å². The van der Waals surface area contributed by atoms with Crippen LogP contribution < -0.4 is 20.8 Å². The minimum Gasteiger partial charge on any atom is -0.372 e. The van der Waals surface area contributed by atoms with E-state index in [9.17, 15) is 4.79 Å². The first-order chi connectivity index (χ1) is 13.7. The molecule has 1 amide bonds. The lowest BCUT2D eigenvalue weighted by Gasteiger charge is -2.34. The Labute approximate surface area is 168 Å². The molecule has 4 rings (SSSR count). The molecule has 7 heteroatoms. The lowest BCUT2D eigenvalue weighted by atomic mass is 10.1. The number of benzene rings is 2. The molecule has 6 nitrogen and oxygen atoms in total. The average molecular weight is 394 g/mol. The van der Waals surface area contributed by atoms with Gasteiger partial charge in [0.15, 0.2) is 11.3 Å². The van der Waals surface area contributed by atoms with Crippen molar-refractivity contribution < 1.29 is 4.79 Å². The Bertz CT molecular complexity index is 1040. The minimum absolute atomic E-state index is 0.147. The van der Waals surface area contributed by atoms with Gasteiger partial charge in [0.2, 0.25) is 0 Å². The summed E-state index contributed by atoms with van der Waals surface area (Å²) in [6.45, 7) is 6.22. The fraction of sp³-hybridized carbons (Fsp3) is 0.286. The zero-order valence-corrected chi connectivity index (χ0v) is 17.0. The normalized spacial score (nSPS) is 17.9. The van der Waals surface area contributed by atoms with E-state index >= 15 is 0 Å². The van der Waals surface area contributed by atoms with E-state index in [1.54, 1.807) is 5.01 Å². The number of hydrogen-bond acceptors (Lipinski definition) is 6. The number of anilines is 1. The van der Waals surface area contributed by atoms with Crippen LogP contribution in [0, 0.1) is 0 Å². The van der Waals surface area contributed by atoms with E-state index in [1.165, 1.54) is 17.4 Å². The maximum Gasteiger partial charge on any atom is 0.276 e. The van der Waals surface area contributed by atoms with E-state index in [0.717, 1.165) is 29.2 Å².